The summed E-state index contributed by atoms with van der Waals surface area (Å²) in [7, 11) is 0. The zero-order valence-corrected chi connectivity index (χ0v) is 22.5. The molecule has 1 heteroatoms. The van der Waals surface area contributed by atoms with Crippen LogP contribution in [0.3, 0.4) is 0 Å². The van der Waals surface area contributed by atoms with Crippen LogP contribution in [-0.4, -0.2) is 0 Å². The Kier molecular flexibility index (Phi) is 14.6. The summed E-state index contributed by atoms with van der Waals surface area (Å²) in [6.07, 6.45) is 6.68. The van der Waals surface area contributed by atoms with Gasteiger partial charge in [-0.05, 0) is 0 Å². The molecule has 0 heterocycles. The summed E-state index contributed by atoms with van der Waals surface area (Å²) in [5, 5.41) is 0. The van der Waals surface area contributed by atoms with Crippen molar-refractivity contribution in [2.45, 2.75) is 46.0 Å². The average Bonchev–Trinajstić information content (AvgIpc) is 3.18. The second-order valence-electron chi connectivity index (χ2n) is 8.32. The van der Waals surface area contributed by atoms with E-state index in [-0.39, 0.29) is 21.7 Å². The SMILES string of the molecule is CCc1cc2c([c-]1C)CCCC2.[CH2-]c1ccccc1.[CH2-]c1ccccc1.[CH2-]c1ccccc1.[Ti+4]. The topological polar surface area (TPSA) is 0 Å². The quantitative estimate of drug-likeness (QED) is 0.188. The van der Waals surface area contributed by atoms with Crippen LogP contribution < -0.4 is 0 Å². The molecule has 4 aromatic carbocycles. The van der Waals surface area contributed by atoms with Crippen LogP contribution in [-0.2, 0) is 41.0 Å². The Bertz CT molecular complexity index is 925. The van der Waals surface area contributed by atoms with Crippen LogP contribution in [0.2, 0.25) is 0 Å². The fraction of sp³-hybridized carbons (Fsp3) is 0.212. The normalized spacial score (nSPS) is 11.0. The molecule has 1 aliphatic carbocycles. The van der Waals surface area contributed by atoms with Crippen molar-refractivity contribution < 1.29 is 21.7 Å². The summed E-state index contributed by atoms with van der Waals surface area (Å²) in [6, 6.07) is 32.1. The van der Waals surface area contributed by atoms with Gasteiger partial charge < -0.3 is 0 Å². The minimum absolute atomic E-state index is 0. The van der Waals surface area contributed by atoms with Gasteiger partial charge in [0.15, 0.2) is 0 Å². The van der Waals surface area contributed by atoms with Crippen molar-refractivity contribution in [1.29, 1.82) is 0 Å². The van der Waals surface area contributed by atoms with Crippen molar-refractivity contribution in [3.63, 3.8) is 0 Å². The van der Waals surface area contributed by atoms with Crippen molar-refractivity contribution in [1.82, 2.24) is 0 Å². The molecule has 1 aliphatic rings. The standard InChI is InChI=1S/C12H17.3C7H7.Ti/c1-3-10-8-11-6-4-5-7-12(11)9(10)2;3*1-7-5-3-2-4-6-7;/h8H,3-7H2,1-2H3;3*2-6H,1H2;/q4*-1;+4. The summed E-state index contributed by atoms with van der Waals surface area (Å²) in [5.74, 6) is 0. The smallest absolute Gasteiger partial charge is 0.207 e. The van der Waals surface area contributed by atoms with E-state index in [4.69, 9.17) is 0 Å². The molecular weight excluding hydrogens is 444 g/mol. The third kappa shape index (κ3) is 11.0. The Balaban J connectivity index is 0.000000233. The molecule has 5 rings (SSSR count). The first-order valence-electron chi connectivity index (χ1n) is 11.9. The number of aryl methyl sites for hydroxylation is 2. The predicted octanol–water partition coefficient (Wildman–Crippen LogP) is 8.76. The van der Waals surface area contributed by atoms with E-state index in [1.54, 1.807) is 22.3 Å². The van der Waals surface area contributed by atoms with Crippen LogP contribution in [0.25, 0.3) is 0 Å². The summed E-state index contributed by atoms with van der Waals surface area (Å²) in [4.78, 5) is 0. The zero-order valence-electron chi connectivity index (χ0n) is 20.9. The van der Waals surface area contributed by atoms with E-state index in [0.29, 0.717) is 0 Å². The Morgan fingerprint density at radius 1 is 0.647 bits per heavy atom. The first-order valence-corrected chi connectivity index (χ1v) is 11.9. The zero-order chi connectivity index (χ0) is 23.9. The maximum absolute atomic E-state index is 3.72. The fourth-order valence-corrected chi connectivity index (χ4v) is 3.83. The molecule has 174 valence electrons. The van der Waals surface area contributed by atoms with Crippen molar-refractivity contribution >= 4 is 0 Å². The molecule has 0 N–H and O–H groups in total. The largest absolute Gasteiger partial charge is 4.00 e. The second kappa shape index (κ2) is 16.9. The van der Waals surface area contributed by atoms with Crippen LogP contribution in [0.1, 0.15) is 58.7 Å². The maximum atomic E-state index is 3.72. The van der Waals surface area contributed by atoms with Crippen LogP contribution in [0.15, 0.2) is 97.1 Å². The van der Waals surface area contributed by atoms with E-state index < -0.39 is 0 Å². The summed E-state index contributed by atoms with van der Waals surface area (Å²) in [6.45, 7) is 15.7. The molecule has 0 atom stereocenters. The Morgan fingerprint density at radius 2 is 1.03 bits per heavy atom. The van der Waals surface area contributed by atoms with Gasteiger partial charge in [-0.1, -0.05) is 64.2 Å². The van der Waals surface area contributed by atoms with Gasteiger partial charge in [-0.3, -0.25) is 0 Å². The summed E-state index contributed by atoms with van der Waals surface area (Å²) in [5.41, 5.74) is 9.72. The first-order chi connectivity index (χ1) is 16.0. The molecule has 0 saturated heterocycles. The molecule has 0 radical (unpaired) electrons. The van der Waals surface area contributed by atoms with Crippen molar-refractivity contribution in [3.05, 3.63) is 157 Å². The van der Waals surface area contributed by atoms with Crippen molar-refractivity contribution in [2.75, 3.05) is 0 Å². The molecule has 0 amide bonds. The monoisotopic (exact) mass is 482 g/mol. The predicted molar refractivity (Wildman–Crippen MR) is 145 cm³/mol. The molecular formula is C33H38Ti. The maximum Gasteiger partial charge on any atom is 4.00 e. The van der Waals surface area contributed by atoms with Gasteiger partial charge in [-0.15, -0.1) is 36.4 Å². The minimum Gasteiger partial charge on any atom is -0.207 e. The summed E-state index contributed by atoms with van der Waals surface area (Å²) >= 11 is 0. The van der Waals surface area contributed by atoms with Gasteiger partial charge in [0.1, 0.15) is 0 Å². The third-order valence-corrected chi connectivity index (χ3v) is 5.70. The van der Waals surface area contributed by atoms with E-state index >= 15 is 0 Å². The van der Waals surface area contributed by atoms with E-state index in [2.05, 4.69) is 40.7 Å². The van der Waals surface area contributed by atoms with Gasteiger partial charge in [0, 0.05) is 0 Å². The number of hydrogen-bond acceptors (Lipinski definition) is 0. The van der Waals surface area contributed by atoms with Crippen LogP contribution in [0, 0.1) is 27.7 Å². The van der Waals surface area contributed by atoms with E-state index in [1.807, 2.05) is 91.0 Å². The summed E-state index contributed by atoms with van der Waals surface area (Å²) < 4.78 is 0. The number of benzene rings is 3. The Morgan fingerprint density at radius 3 is 1.32 bits per heavy atom. The second-order valence-corrected chi connectivity index (χ2v) is 8.32. The number of fused-ring (bicyclic) bond motifs is 1. The average molecular weight is 483 g/mol. The van der Waals surface area contributed by atoms with Crippen LogP contribution >= 0.6 is 0 Å². The van der Waals surface area contributed by atoms with Crippen molar-refractivity contribution in [2.24, 2.45) is 0 Å². The van der Waals surface area contributed by atoms with Gasteiger partial charge >= 0.3 is 21.7 Å². The van der Waals surface area contributed by atoms with Crippen molar-refractivity contribution in [3.8, 4) is 0 Å². The number of hydrogen-bond donors (Lipinski definition) is 0. The van der Waals surface area contributed by atoms with Crippen LogP contribution in [0.5, 0.6) is 0 Å². The van der Waals surface area contributed by atoms with E-state index in [0.717, 1.165) is 16.7 Å². The van der Waals surface area contributed by atoms with Gasteiger partial charge in [0.05, 0.1) is 0 Å². The minimum atomic E-state index is 0. The molecule has 0 aromatic heterocycles. The van der Waals surface area contributed by atoms with E-state index in [9.17, 15) is 0 Å². The fourth-order valence-electron chi connectivity index (χ4n) is 3.83. The van der Waals surface area contributed by atoms with Crippen LogP contribution in [0.4, 0.5) is 0 Å². The number of rotatable bonds is 1. The molecule has 0 nitrogen and oxygen atoms in total. The molecule has 0 bridgehead atoms. The van der Waals surface area contributed by atoms with E-state index in [1.165, 1.54) is 32.1 Å². The molecule has 0 aliphatic heterocycles. The molecule has 0 spiro atoms. The third-order valence-electron chi connectivity index (χ3n) is 5.70. The molecule has 0 unspecified atom stereocenters. The molecule has 0 saturated carbocycles. The van der Waals surface area contributed by atoms with Gasteiger partial charge in [0.2, 0.25) is 0 Å². The van der Waals surface area contributed by atoms with Gasteiger partial charge in [-0.25, -0.2) is 6.07 Å². The Labute approximate surface area is 223 Å². The molecule has 34 heavy (non-hydrogen) atoms. The van der Waals surface area contributed by atoms with Gasteiger partial charge in [-0.2, -0.15) is 96.1 Å². The Hall–Kier alpha value is -2.67. The molecule has 0 fully saturated rings. The van der Waals surface area contributed by atoms with Gasteiger partial charge in [0.25, 0.3) is 0 Å². The first kappa shape index (κ1) is 29.4. The molecule has 4 aromatic rings.